The highest BCUT2D eigenvalue weighted by Crippen LogP contribution is 2.47. The Hall–Kier alpha value is -3.60. The first-order chi connectivity index (χ1) is 16.7. The third-order valence-corrected chi connectivity index (χ3v) is 5.89. The molecule has 0 aliphatic carbocycles. The second-order valence-corrected chi connectivity index (χ2v) is 8.20. The van der Waals surface area contributed by atoms with Gasteiger partial charge in [-0.25, -0.2) is 4.68 Å². The highest BCUT2D eigenvalue weighted by molar-refractivity contribution is 6.31. The Balaban J connectivity index is 1.74. The molecule has 0 saturated heterocycles. The van der Waals surface area contributed by atoms with Crippen LogP contribution in [0.15, 0.2) is 42.6 Å². The smallest absolute Gasteiger partial charge is 0.410 e. The number of rotatable bonds is 6. The van der Waals surface area contributed by atoms with Crippen molar-refractivity contribution in [2.45, 2.75) is 24.7 Å². The lowest BCUT2D eigenvalue weighted by molar-refractivity contribution is -0.173. The van der Waals surface area contributed by atoms with Crippen LogP contribution in [-0.4, -0.2) is 43.2 Å². The second-order valence-electron chi connectivity index (χ2n) is 7.76. The molecule has 12 heteroatoms. The zero-order valence-electron chi connectivity index (χ0n) is 18.9. The number of ether oxygens (including phenoxy) is 3. The molecule has 1 aliphatic heterocycles. The van der Waals surface area contributed by atoms with Crippen LogP contribution >= 0.6 is 11.6 Å². The van der Waals surface area contributed by atoms with Crippen molar-refractivity contribution in [3.63, 3.8) is 0 Å². The molecule has 3 aromatic rings. The Morgan fingerprint density at radius 1 is 1.14 bits per heavy atom. The monoisotopic (exact) mass is 510 g/mol. The summed E-state index contributed by atoms with van der Waals surface area (Å²) in [5, 5.41) is 9.97. The molecular weight excluding hydrogens is 489 g/mol. The van der Waals surface area contributed by atoms with Gasteiger partial charge in [0.15, 0.2) is 17.5 Å². The van der Waals surface area contributed by atoms with Crippen LogP contribution in [0.3, 0.4) is 0 Å². The largest absolute Gasteiger partial charge is 0.493 e. The SMILES string of the molecule is COc1cc([C@@H]2C[C@@H](C(F)(F)F)n3ncc(C(=O)Nc4cccc(Cl)c4)c3N2)cc(OC)c1OC. The zero-order chi connectivity index (χ0) is 25.3. The Morgan fingerprint density at radius 3 is 2.40 bits per heavy atom. The van der Waals surface area contributed by atoms with Crippen LogP contribution in [0.25, 0.3) is 0 Å². The number of hydrogen-bond donors (Lipinski definition) is 2. The van der Waals surface area contributed by atoms with Gasteiger partial charge in [0.05, 0.1) is 33.6 Å². The predicted octanol–water partition coefficient (Wildman–Crippen LogP) is 5.47. The van der Waals surface area contributed by atoms with Crippen LogP contribution in [0.1, 0.15) is 34.4 Å². The summed E-state index contributed by atoms with van der Waals surface area (Å²) in [6.45, 7) is 0. The van der Waals surface area contributed by atoms with E-state index in [1.807, 2.05) is 0 Å². The maximum Gasteiger partial charge on any atom is 0.410 e. The molecule has 0 spiro atoms. The first-order valence-electron chi connectivity index (χ1n) is 10.4. The van der Waals surface area contributed by atoms with Crippen molar-refractivity contribution in [3.8, 4) is 17.2 Å². The van der Waals surface area contributed by atoms with Crippen LogP contribution in [0, 0.1) is 0 Å². The normalized spacial score (nSPS) is 17.2. The summed E-state index contributed by atoms with van der Waals surface area (Å²) in [6, 6.07) is 6.77. The van der Waals surface area contributed by atoms with Gasteiger partial charge >= 0.3 is 6.18 Å². The summed E-state index contributed by atoms with van der Waals surface area (Å²) >= 11 is 5.96. The van der Waals surface area contributed by atoms with Crippen LogP contribution in [0.4, 0.5) is 24.7 Å². The molecule has 4 rings (SSSR count). The summed E-state index contributed by atoms with van der Waals surface area (Å²) in [5.74, 6) is 0.216. The number of amides is 1. The van der Waals surface area contributed by atoms with Crippen molar-refractivity contribution in [3.05, 3.63) is 58.7 Å². The average molecular weight is 511 g/mol. The fraction of sp³-hybridized carbons (Fsp3) is 0.304. The number of benzene rings is 2. The van der Waals surface area contributed by atoms with Gasteiger partial charge in [-0.1, -0.05) is 17.7 Å². The van der Waals surface area contributed by atoms with E-state index in [9.17, 15) is 18.0 Å². The minimum absolute atomic E-state index is 0.0450. The van der Waals surface area contributed by atoms with Crippen LogP contribution in [0.2, 0.25) is 5.02 Å². The topological polar surface area (TPSA) is 86.6 Å². The molecule has 2 heterocycles. The summed E-state index contributed by atoms with van der Waals surface area (Å²) in [5.41, 5.74) is 0.811. The van der Waals surface area contributed by atoms with Gasteiger partial charge in [-0.3, -0.25) is 4.79 Å². The van der Waals surface area contributed by atoms with Crippen molar-refractivity contribution in [1.29, 1.82) is 0 Å². The van der Waals surface area contributed by atoms with E-state index in [0.717, 1.165) is 10.9 Å². The second kappa shape index (κ2) is 9.57. The molecule has 0 fully saturated rings. The van der Waals surface area contributed by atoms with E-state index in [2.05, 4.69) is 15.7 Å². The Bertz CT molecular complexity index is 1220. The van der Waals surface area contributed by atoms with Gasteiger partial charge in [0, 0.05) is 17.1 Å². The van der Waals surface area contributed by atoms with Crippen LogP contribution in [-0.2, 0) is 0 Å². The van der Waals surface area contributed by atoms with Crippen molar-refractivity contribution in [2.75, 3.05) is 32.0 Å². The van der Waals surface area contributed by atoms with E-state index in [1.165, 1.54) is 27.4 Å². The molecule has 1 aromatic heterocycles. The van der Waals surface area contributed by atoms with Gasteiger partial charge in [-0.2, -0.15) is 18.3 Å². The Kier molecular flexibility index (Phi) is 6.70. The van der Waals surface area contributed by atoms with E-state index >= 15 is 0 Å². The highest BCUT2D eigenvalue weighted by atomic mass is 35.5. The number of aromatic nitrogens is 2. The van der Waals surface area contributed by atoms with Gasteiger partial charge in [0.25, 0.3) is 5.91 Å². The van der Waals surface area contributed by atoms with E-state index in [0.29, 0.717) is 33.5 Å². The van der Waals surface area contributed by atoms with Crippen molar-refractivity contribution in [2.24, 2.45) is 0 Å². The maximum absolute atomic E-state index is 14.0. The molecule has 0 bridgehead atoms. The molecule has 2 aromatic carbocycles. The summed E-state index contributed by atoms with van der Waals surface area (Å²) < 4.78 is 58.9. The summed E-state index contributed by atoms with van der Waals surface area (Å²) in [7, 11) is 4.27. The van der Waals surface area contributed by atoms with Gasteiger partial charge in [-0.15, -0.1) is 0 Å². The number of hydrogen-bond acceptors (Lipinski definition) is 6. The molecule has 186 valence electrons. The number of nitrogens with one attached hydrogen (secondary N) is 2. The number of methoxy groups -OCH3 is 3. The van der Waals surface area contributed by atoms with Gasteiger partial charge in [-0.05, 0) is 35.9 Å². The van der Waals surface area contributed by atoms with Crippen molar-refractivity contribution < 1.29 is 32.2 Å². The Labute approximate surface area is 203 Å². The van der Waals surface area contributed by atoms with Crippen molar-refractivity contribution in [1.82, 2.24) is 9.78 Å². The average Bonchev–Trinajstić information content (AvgIpc) is 3.25. The van der Waals surface area contributed by atoms with E-state index < -0.39 is 24.2 Å². The standard InChI is InChI=1S/C23H22ClF3N4O4/c1-33-17-7-12(8-18(34-2)20(17)35-3)16-10-19(23(25,26)27)31-21(30-16)15(11-28-31)22(32)29-14-6-4-5-13(24)9-14/h4-9,11,16,19,30H,10H2,1-3H3,(H,29,32)/t16-,19-/m0/s1. The summed E-state index contributed by atoms with van der Waals surface area (Å²) in [6.07, 6.45) is -3.87. The number of carbonyl (C=O) groups is 1. The van der Waals surface area contributed by atoms with Gasteiger partial charge < -0.3 is 24.8 Å². The zero-order valence-corrected chi connectivity index (χ0v) is 19.7. The van der Waals surface area contributed by atoms with E-state index in [-0.39, 0.29) is 17.8 Å². The molecule has 2 atom stereocenters. The fourth-order valence-corrected chi connectivity index (χ4v) is 4.20. The number of nitrogens with zero attached hydrogens (tertiary/aromatic N) is 2. The lowest BCUT2D eigenvalue weighted by Crippen LogP contribution is -2.36. The van der Waals surface area contributed by atoms with Gasteiger partial charge in [0.1, 0.15) is 11.4 Å². The van der Waals surface area contributed by atoms with E-state index in [4.69, 9.17) is 25.8 Å². The molecule has 8 nitrogen and oxygen atoms in total. The number of halogens is 4. The molecule has 35 heavy (non-hydrogen) atoms. The highest BCUT2D eigenvalue weighted by Gasteiger charge is 2.47. The third-order valence-electron chi connectivity index (χ3n) is 5.65. The third kappa shape index (κ3) is 4.81. The minimum Gasteiger partial charge on any atom is -0.493 e. The molecule has 1 aliphatic rings. The number of fused-ring (bicyclic) bond motifs is 1. The maximum atomic E-state index is 14.0. The lowest BCUT2D eigenvalue weighted by Gasteiger charge is -2.34. The van der Waals surface area contributed by atoms with Crippen molar-refractivity contribution >= 4 is 29.0 Å². The Morgan fingerprint density at radius 2 is 1.83 bits per heavy atom. The number of alkyl halides is 3. The molecule has 2 N–H and O–H groups in total. The molecule has 0 unspecified atom stereocenters. The molecular formula is C23H22ClF3N4O4. The molecule has 0 saturated carbocycles. The molecule has 1 amide bonds. The summed E-state index contributed by atoms with van der Waals surface area (Å²) in [4.78, 5) is 13.0. The number of anilines is 2. The minimum atomic E-state index is -4.61. The predicted molar refractivity (Wildman–Crippen MR) is 124 cm³/mol. The first-order valence-corrected chi connectivity index (χ1v) is 10.8. The van der Waals surface area contributed by atoms with Crippen LogP contribution < -0.4 is 24.8 Å². The van der Waals surface area contributed by atoms with Crippen LogP contribution in [0.5, 0.6) is 17.2 Å². The molecule has 0 radical (unpaired) electrons. The first kappa shape index (κ1) is 24.5. The fourth-order valence-electron chi connectivity index (χ4n) is 4.01. The van der Waals surface area contributed by atoms with E-state index in [1.54, 1.807) is 30.3 Å². The van der Waals surface area contributed by atoms with Gasteiger partial charge in [0.2, 0.25) is 5.75 Å². The quantitative estimate of drug-likeness (QED) is 0.457. The number of carbonyl (C=O) groups excluding carboxylic acids is 1. The lowest BCUT2D eigenvalue weighted by atomic mass is 9.95.